The van der Waals surface area contributed by atoms with Gasteiger partial charge < -0.3 is 0 Å². The summed E-state index contributed by atoms with van der Waals surface area (Å²) >= 11 is 15.9. The van der Waals surface area contributed by atoms with E-state index >= 15 is 0 Å². The smallest absolute Gasteiger partial charge is 0.129 e. The van der Waals surface area contributed by atoms with E-state index < -0.39 is 0 Å². The second-order valence-corrected chi connectivity index (χ2v) is 8.90. The van der Waals surface area contributed by atoms with E-state index in [1.54, 1.807) is 6.07 Å². The van der Waals surface area contributed by atoms with Crippen molar-refractivity contribution in [2.45, 2.75) is 51.8 Å². The van der Waals surface area contributed by atoms with Crippen molar-refractivity contribution in [3.8, 4) is 0 Å². The predicted molar refractivity (Wildman–Crippen MR) is 92.6 cm³/mol. The van der Waals surface area contributed by atoms with Gasteiger partial charge in [0.2, 0.25) is 0 Å². The van der Waals surface area contributed by atoms with Gasteiger partial charge in [0, 0.05) is 10.0 Å². The van der Waals surface area contributed by atoms with Crippen LogP contribution in [0.15, 0.2) is 16.6 Å². The fraction of sp³-hybridized carbons (Fsp3) is 0.647. The van der Waals surface area contributed by atoms with Crippen molar-refractivity contribution < 1.29 is 4.39 Å². The van der Waals surface area contributed by atoms with Gasteiger partial charge in [-0.1, -0.05) is 32.4 Å². The fourth-order valence-corrected chi connectivity index (χ4v) is 4.19. The number of alkyl halides is 1. The van der Waals surface area contributed by atoms with E-state index in [9.17, 15) is 4.39 Å². The summed E-state index contributed by atoms with van der Waals surface area (Å²) in [5.41, 5.74) is 0.878. The lowest BCUT2D eigenvalue weighted by molar-refractivity contribution is 0.148. The van der Waals surface area contributed by atoms with Crippen LogP contribution in [0.3, 0.4) is 0 Å². The van der Waals surface area contributed by atoms with E-state index in [0.717, 1.165) is 18.8 Å². The Morgan fingerprint density at radius 1 is 1.19 bits per heavy atom. The van der Waals surface area contributed by atoms with Crippen molar-refractivity contribution in [3.05, 3.63) is 33.0 Å². The van der Waals surface area contributed by atoms with Crippen molar-refractivity contribution in [2.24, 2.45) is 17.3 Å². The summed E-state index contributed by atoms with van der Waals surface area (Å²) in [4.78, 5) is 0. The Hall–Kier alpha value is 0.210. The summed E-state index contributed by atoms with van der Waals surface area (Å²) in [6, 6.07) is 3.07. The van der Waals surface area contributed by atoms with Gasteiger partial charge in [-0.3, -0.25) is 0 Å². The molecule has 1 aromatic carbocycles. The molecule has 1 atom stereocenters. The van der Waals surface area contributed by atoms with Crippen LogP contribution in [0.25, 0.3) is 0 Å². The number of rotatable bonds is 2. The van der Waals surface area contributed by atoms with Gasteiger partial charge in [0.25, 0.3) is 0 Å². The van der Waals surface area contributed by atoms with Gasteiger partial charge in [-0.15, -0.1) is 11.6 Å². The van der Waals surface area contributed by atoms with Crippen molar-refractivity contribution in [1.29, 1.82) is 0 Å². The highest BCUT2D eigenvalue weighted by molar-refractivity contribution is 9.10. The van der Waals surface area contributed by atoms with Crippen LogP contribution in [0.4, 0.5) is 4.39 Å². The summed E-state index contributed by atoms with van der Waals surface area (Å²) in [6.07, 6.45) is 4.46. The summed E-state index contributed by atoms with van der Waals surface area (Å²) in [5, 5.41) is 0.219. The standard InChI is InChI=1S/C17H22BrCl2F/c1-17(2,3)11-6-4-10(5-7-11)16(20)12-8-14(19)13(18)9-15(12)21/h8-11,16H,4-7H2,1-3H3. The molecule has 0 spiro atoms. The number of hydrogen-bond acceptors (Lipinski definition) is 0. The van der Waals surface area contributed by atoms with Crippen molar-refractivity contribution in [2.75, 3.05) is 0 Å². The van der Waals surface area contributed by atoms with Crippen LogP contribution in [0.2, 0.25) is 5.02 Å². The van der Waals surface area contributed by atoms with Gasteiger partial charge in [0.15, 0.2) is 0 Å². The van der Waals surface area contributed by atoms with E-state index in [2.05, 4.69) is 36.7 Å². The molecule has 1 aliphatic rings. The minimum Gasteiger partial charge on any atom is -0.207 e. The zero-order chi connectivity index (χ0) is 15.8. The quantitative estimate of drug-likeness (QED) is 0.362. The number of halogens is 4. The molecule has 2 rings (SSSR count). The first kappa shape index (κ1) is 17.6. The van der Waals surface area contributed by atoms with Crippen LogP contribution < -0.4 is 0 Å². The van der Waals surface area contributed by atoms with E-state index in [1.165, 1.54) is 18.9 Å². The first-order valence-corrected chi connectivity index (χ1v) is 9.09. The minimum absolute atomic E-state index is 0.274. The molecule has 21 heavy (non-hydrogen) atoms. The molecule has 0 N–H and O–H groups in total. The van der Waals surface area contributed by atoms with Gasteiger partial charge in [-0.05, 0) is 71.0 Å². The Labute approximate surface area is 145 Å². The average Bonchev–Trinajstić information content (AvgIpc) is 2.41. The van der Waals surface area contributed by atoms with Gasteiger partial charge >= 0.3 is 0 Å². The van der Waals surface area contributed by atoms with Gasteiger partial charge in [0.05, 0.1) is 10.4 Å². The lowest BCUT2D eigenvalue weighted by Crippen LogP contribution is -2.27. The molecular weight excluding hydrogens is 374 g/mol. The molecule has 0 aromatic heterocycles. The lowest BCUT2D eigenvalue weighted by atomic mass is 9.69. The van der Waals surface area contributed by atoms with Gasteiger partial charge in [0.1, 0.15) is 5.82 Å². The lowest BCUT2D eigenvalue weighted by Gasteiger charge is -2.38. The molecule has 0 amide bonds. The van der Waals surface area contributed by atoms with Gasteiger partial charge in [-0.25, -0.2) is 4.39 Å². The summed E-state index contributed by atoms with van der Waals surface area (Å²) in [5.74, 6) is 0.789. The molecule has 1 saturated carbocycles. The maximum atomic E-state index is 14.1. The van der Waals surface area contributed by atoms with Crippen LogP contribution in [0.5, 0.6) is 0 Å². The molecule has 4 heteroatoms. The first-order valence-electron chi connectivity index (χ1n) is 7.48. The Morgan fingerprint density at radius 3 is 2.29 bits per heavy atom. The normalized spacial score (nSPS) is 24.9. The molecule has 1 aliphatic carbocycles. The van der Waals surface area contributed by atoms with Crippen molar-refractivity contribution in [1.82, 2.24) is 0 Å². The molecule has 0 heterocycles. The van der Waals surface area contributed by atoms with E-state index in [0.29, 0.717) is 26.4 Å². The Balaban J connectivity index is 2.09. The number of hydrogen-bond donors (Lipinski definition) is 0. The van der Waals surface area contributed by atoms with Crippen molar-refractivity contribution in [3.63, 3.8) is 0 Å². The maximum Gasteiger partial charge on any atom is 0.129 e. The third-order valence-corrected chi connectivity index (χ3v) is 6.54. The Kier molecular flexibility index (Phi) is 5.66. The van der Waals surface area contributed by atoms with Crippen LogP contribution in [-0.4, -0.2) is 0 Å². The summed E-state index contributed by atoms with van der Waals surface area (Å²) < 4.78 is 14.7. The molecule has 1 unspecified atom stereocenters. The molecule has 0 nitrogen and oxygen atoms in total. The fourth-order valence-electron chi connectivity index (χ4n) is 3.28. The Morgan fingerprint density at radius 2 is 1.76 bits per heavy atom. The highest BCUT2D eigenvalue weighted by atomic mass is 79.9. The molecule has 1 fully saturated rings. The van der Waals surface area contributed by atoms with E-state index in [1.807, 2.05) is 0 Å². The maximum absolute atomic E-state index is 14.1. The highest BCUT2D eigenvalue weighted by Crippen LogP contribution is 2.46. The summed E-state index contributed by atoms with van der Waals surface area (Å²) in [6.45, 7) is 6.89. The molecule has 0 saturated heterocycles. The van der Waals surface area contributed by atoms with Crippen LogP contribution in [0, 0.1) is 23.1 Å². The van der Waals surface area contributed by atoms with Gasteiger partial charge in [-0.2, -0.15) is 0 Å². The van der Waals surface area contributed by atoms with Crippen LogP contribution >= 0.6 is 39.1 Å². The Bertz CT molecular complexity index is 502. The average molecular weight is 396 g/mol. The monoisotopic (exact) mass is 394 g/mol. The minimum atomic E-state index is -0.295. The van der Waals surface area contributed by atoms with E-state index in [-0.39, 0.29) is 11.2 Å². The second-order valence-electron chi connectivity index (χ2n) is 7.17. The number of benzene rings is 1. The third kappa shape index (κ3) is 4.14. The zero-order valence-corrected chi connectivity index (χ0v) is 15.8. The molecule has 0 bridgehead atoms. The second kappa shape index (κ2) is 6.76. The highest BCUT2D eigenvalue weighted by Gasteiger charge is 2.33. The predicted octanol–water partition coefficient (Wildman–Crippen LogP) is 7.37. The van der Waals surface area contributed by atoms with Crippen LogP contribution in [-0.2, 0) is 0 Å². The SMILES string of the molecule is CC(C)(C)C1CCC(C(Cl)c2cc(Cl)c(Br)cc2F)CC1. The third-order valence-electron chi connectivity index (χ3n) is 4.75. The largest absolute Gasteiger partial charge is 0.207 e. The van der Waals surface area contributed by atoms with E-state index in [4.69, 9.17) is 23.2 Å². The molecule has 118 valence electrons. The van der Waals surface area contributed by atoms with Crippen LogP contribution in [0.1, 0.15) is 57.4 Å². The molecule has 0 aliphatic heterocycles. The zero-order valence-electron chi connectivity index (χ0n) is 12.7. The summed E-state index contributed by atoms with van der Waals surface area (Å²) in [7, 11) is 0. The molecule has 0 radical (unpaired) electrons. The topological polar surface area (TPSA) is 0 Å². The molecule has 1 aromatic rings. The molecular formula is C17H22BrCl2F. The first-order chi connectivity index (χ1) is 9.70. The van der Waals surface area contributed by atoms with Crippen molar-refractivity contribution >= 4 is 39.1 Å².